The Labute approximate surface area is 118 Å². The number of aromatic nitrogens is 1. The summed E-state index contributed by atoms with van der Waals surface area (Å²) < 4.78 is 0. The standard InChI is InChI=1S/C16H17N3O/c1-11-5-4-7-14(18-11)16(20)19-10-9-13(17)12-6-2-3-8-15(12)19/h2-8,13H,9-10,17H2,1H3. The Bertz CT molecular complexity index is 654. The zero-order chi connectivity index (χ0) is 14.1. The zero-order valence-electron chi connectivity index (χ0n) is 11.4. The lowest BCUT2D eigenvalue weighted by atomic mass is 9.97. The fraction of sp³-hybridized carbons (Fsp3) is 0.250. The Morgan fingerprint density at radius 1 is 1.25 bits per heavy atom. The Morgan fingerprint density at radius 3 is 2.85 bits per heavy atom. The number of nitrogens with two attached hydrogens (primary N) is 1. The van der Waals surface area contributed by atoms with Crippen molar-refractivity contribution in [3.8, 4) is 0 Å². The van der Waals surface area contributed by atoms with Gasteiger partial charge in [-0.05, 0) is 37.1 Å². The fourth-order valence-corrected chi connectivity index (χ4v) is 2.60. The zero-order valence-corrected chi connectivity index (χ0v) is 11.4. The third kappa shape index (κ3) is 2.18. The highest BCUT2D eigenvalue weighted by Crippen LogP contribution is 2.32. The molecule has 1 unspecified atom stereocenters. The third-order valence-corrected chi connectivity index (χ3v) is 3.64. The van der Waals surface area contributed by atoms with E-state index >= 15 is 0 Å². The predicted octanol–water partition coefficient (Wildman–Crippen LogP) is 2.44. The van der Waals surface area contributed by atoms with Crippen LogP contribution in [0.15, 0.2) is 42.5 Å². The van der Waals surface area contributed by atoms with Crippen molar-refractivity contribution in [1.29, 1.82) is 0 Å². The number of benzene rings is 1. The van der Waals surface area contributed by atoms with E-state index in [2.05, 4.69) is 4.98 Å². The molecule has 2 aromatic rings. The van der Waals surface area contributed by atoms with Crippen LogP contribution >= 0.6 is 0 Å². The van der Waals surface area contributed by atoms with Gasteiger partial charge < -0.3 is 10.6 Å². The van der Waals surface area contributed by atoms with Crippen LogP contribution in [-0.4, -0.2) is 17.4 Å². The van der Waals surface area contributed by atoms with Crippen molar-refractivity contribution in [3.63, 3.8) is 0 Å². The molecule has 3 rings (SSSR count). The molecule has 1 aliphatic heterocycles. The van der Waals surface area contributed by atoms with Crippen LogP contribution in [0.4, 0.5) is 5.69 Å². The molecule has 0 bridgehead atoms. The topological polar surface area (TPSA) is 59.2 Å². The second kappa shape index (κ2) is 5.06. The first-order valence-electron chi connectivity index (χ1n) is 6.77. The van der Waals surface area contributed by atoms with Gasteiger partial charge >= 0.3 is 0 Å². The van der Waals surface area contributed by atoms with E-state index in [9.17, 15) is 4.79 Å². The molecular formula is C16H17N3O. The van der Waals surface area contributed by atoms with E-state index in [1.807, 2.05) is 43.3 Å². The molecule has 4 nitrogen and oxygen atoms in total. The van der Waals surface area contributed by atoms with Crippen molar-refractivity contribution in [1.82, 2.24) is 4.98 Å². The van der Waals surface area contributed by atoms with Gasteiger partial charge in [-0.3, -0.25) is 4.79 Å². The van der Waals surface area contributed by atoms with Crippen LogP contribution in [0.25, 0.3) is 0 Å². The van der Waals surface area contributed by atoms with Crippen molar-refractivity contribution >= 4 is 11.6 Å². The van der Waals surface area contributed by atoms with Crippen LogP contribution in [0, 0.1) is 6.92 Å². The van der Waals surface area contributed by atoms with Crippen molar-refractivity contribution in [2.24, 2.45) is 5.73 Å². The maximum Gasteiger partial charge on any atom is 0.276 e. The number of fused-ring (bicyclic) bond motifs is 1. The number of carbonyl (C=O) groups excluding carboxylic acids is 1. The van der Waals surface area contributed by atoms with E-state index in [0.29, 0.717) is 12.2 Å². The first-order valence-corrected chi connectivity index (χ1v) is 6.77. The molecule has 0 aliphatic carbocycles. The lowest BCUT2D eigenvalue weighted by Gasteiger charge is -2.32. The summed E-state index contributed by atoms with van der Waals surface area (Å²) in [6.07, 6.45) is 0.772. The van der Waals surface area contributed by atoms with Gasteiger partial charge in [-0.15, -0.1) is 0 Å². The summed E-state index contributed by atoms with van der Waals surface area (Å²) in [6, 6.07) is 13.3. The highest BCUT2D eigenvalue weighted by atomic mass is 16.2. The number of carbonyl (C=O) groups is 1. The highest BCUT2D eigenvalue weighted by molar-refractivity contribution is 6.05. The third-order valence-electron chi connectivity index (χ3n) is 3.64. The maximum atomic E-state index is 12.6. The Hall–Kier alpha value is -2.20. The molecule has 1 amide bonds. The van der Waals surface area contributed by atoms with Crippen molar-refractivity contribution < 1.29 is 4.79 Å². The van der Waals surface area contributed by atoms with E-state index in [-0.39, 0.29) is 11.9 Å². The van der Waals surface area contributed by atoms with Crippen LogP contribution in [0.3, 0.4) is 0 Å². The van der Waals surface area contributed by atoms with Gasteiger partial charge in [0.2, 0.25) is 0 Å². The first kappa shape index (κ1) is 12.8. The average Bonchev–Trinajstić information content (AvgIpc) is 2.47. The van der Waals surface area contributed by atoms with Crippen LogP contribution in [0.5, 0.6) is 0 Å². The molecule has 2 heterocycles. The summed E-state index contributed by atoms with van der Waals surface area (Å²) in [5.41, 5.74) is 9.37. The van der Waals surface area contributed by atoms with Gasteiger partial charge in [0.25, 0.3) is 5.91 Å². The number of anilines is 1. The van der Waals surface area contributed by atoms with E-state index in [1.54, 1.807) is 11.0 Å². The predicted molar refractivity (Wildman–Crippen MR) is 78.6 cm³/mol. The normalized spacial score (nSPS) is 17.7. The summed E-state index contributed by atoms with van der Waals surface area (Å²) in [4.78, 5) is 18.7. The second-order valence-electron chi connectivity index (χ2n) is 5.07. The van der Waals surface area contributed by atoms with Gasteiger partial charge in [0.05, 0.1) is 0 Å². The molecule has 1 atom stereocenters. The molecule has 0 saturated heterocycles. The molecule has 2 N–H and O–H groups in total. The largest absolute Gasteiger partial charge is 0.324 e. The summed E-state index contributed by atoms with van der Waals surface area (Å²) in [5.74, 6) is -0.0620. The van der Waals surface area contributed by atoms with Crippen molar-refractivity contribution in [2.75, 3.05) is 11.4 Å². The molecule has 0 radical (unpaired) electrons. The lowest BCUT2D eigenvalue weighted by molar-refractivity contribution is 0.0979. The minimum Gasteiger partial charge on any atom is -0.324 e. The fourth-order valence-electron chi connectivity index (χ4n) is 2.60. The summed E-state index contributed by atoms with van der Waals surface area (Å²) in [5, 5.41) is 0. The molecule has 20 heavy (non-hydrogen) atoms. The molecule has 0 spiro atoms. The highest BCUT2D eigenvalue weighted by Gasteiger charge is 2.27. The number of hydrogen-bond acceptors (Lipinski definition) is 3. The van der Waals surface area contributed by atoms with Crippen LogP contribution in [0.2, 0.25) is 0 Å². The number of rotatable bonds is 1. The van der Waals surface area contributed by atoms with Gasteiger partial charge in [-0.25, -0.2) is 4.98 Å². The lowest BCUT2D eigenvalue weighted by Crippen LogP contribution is -2.38. The van der Waals surface area contributed by atoms with E-state index in [4.69, 9.17) is 5.73 Å². The average molecular weight is 267 g/mol. The Balaban J connectivity index is 1.99. The molecule has 0 fully saturated rings. The molecule has 1 aliphatic rings. The van der Waals surface area contributed by atoms with E-state index in [1.165, 1.54) is 0 Å². The minimum absolute atomic E-state index is 0.000665. The van der Waals surface area contributed by atoms with Gasteiger partial charge in [0.1, 0.15) is 5.69 Å². The molecular weight excluding hydrogens is 250 g/mol. The van der Waals surface area contributed by atoms with Crippen LogP contribution in [-0.2, 0) is 0 Å². The van der Waals surface area contributed by atoms with Crippen molar-refractivity contribution in [2.45, 2.75) is 19.4 Å². The number of amides is 1. The molecule has 102 valence electrons. The first-order chi connectivity index (χ1) is 9.66. The summed E-state index contributed by atoms with van der Waals surface area (Å²) in [6.45, 7) is 2.52. The van der Waals surface area contributed by atoms with Crippen LogP contribution in [0.1, 0.15) is 34.2 Å². The second-order valence-corrected chi connectivity index (χ2v) is 5.07. The maximum absolute atomic E-state index is 12.6. The monoisotopic (exact) mass is 267 g/mol. The number of aryl methyl sites for hydroxylation is 1. The molecule has 1 aromatic carbocycles. The van der Waals surface area contributed by atoms with Crippen molar-refractivity contribution in [3.05, 3.63) is 59.4 Å². The minimum atomic E-state index is -0.0620. The number of nitrogens with zero attached hydrogens (tertiary/aromatic N) is 2. The Kier molecular flexibility index (Phi) is 3.24. The van der Waals surface area contributed by atoms with Crippen LogP contribution < -0.4 is 10.6 Å². The number of para-hydroxylation sites is 1. The SMILES string of the molecule is Cc1cccc(C(=O)N2CCC(N)c3ccccc32)n1. The molecule has 0 saturated carbocycles. The quantitative estimate of drug-likeness (QED) is 0.863. The van der Waals surface area contributed by atoms with Gasteiger partial charge in [-0.2, -0.15) is 0 Å². The summed E-state index contributed by atoms with van der Waals surface area (Å²) >= 11 is 0. The number of hydrogen-bond donors (Lipinski definition) is 1. The van der Waals surface area contributed by atoms with Gasteiger partial charge in [0.15, 0.2) is 0 Å². The molecule has 1 aromatic heterocycles. The number of pyridine rings is 1. The van der Waals surface area contributed by atoms with E-state index in [0.717, 1.165) is 23.4 Å². The Morgan fingerprint density at radius 2 is 2.05 bits per heavy atom. The van der Waals surface area contributed by atoms with E-state index < -0.39 is 0 Å². The van der Waals surface area contributed by atoms with Gasteiger partial charge in [0, 0.05) is 24.0 Å². The summed E-state index contributed by atoms with van der Waals surface area (Å²) in [7, 11) is 0. The smallest absolute Gasteiger partial charge is 0.276 e. The molecule has 4 heteroatoms. The van der Waals surface area contributed by atoms with Gasteiger partial charge in [-0.1, -0.05) is 24.3 Å².